The van der Waals surface area contributed by atoms with Crippen LogP contribution in [0.25, 0.3) is 0 Å². The number of fused-ring (bicyclic) bond motifs is 3. The highest BCUT2D eigenvalue weighted by Crippen LogP contribution is 2.45. The molecule has 7 nitrogen and oxygen atoms in total. The molecule has 1 aromatic rings. The van der Waals surface area contributed by atoms with Crippen LogP contribution in [0.1, 0.15) is 34.1 Å². The predicted octanol–water partition coefficient (Wildman–Crippen LogP) is 0.794. The molecule has 124 valence electrons. The highest BCUT2D eigenvalue weighted by Gasteiger charge is 2.56. The van der Waals surface area contributed by atoms with Crippen molar-refractivity contribution in [3.8, 4) is 5.75 Å². The van der Waals surface area contributed by atoms with E-state index in [-0.39, 0.29) is 34.4 Å². The van der Waals surface area contributed by atoms with Gasteiger partial charge < -0.3 is 19.3 Å². The average Bonchev–Trinajstić information content (AvgIpc) is 2.89. The first-order valence-corrected chi connectivity index (χ1v) is 7.46. The Balaban J connectivity index is 1.98. The van der Waals surface area contributed by atoms with E-state index in [9.17, 15) is 19.5 Å². The number of carbonyl (C=O) groups excluding carboxylic acids is 3. The molecule has 1 aliphatic carbocycles. The van der Waals surface area contributed by atoms with E-state index in [2.05, 4.69) is 0 Å². The van der Waals surface area contributed by atoms with E-state index in [1.165, 1.54) is 20.1 Å². The summed E-state index contributed by atoms with van der Waals surface area (Å²) in [6, 6.07) is 4.67. The van der Waals surface area contributed by atoms with E-state index in [0.717, 1.165) is 0 Å². The molecule has 1 N–H and O–H groups in total. The minimum absolute atomic E-state index is 0.00662. The minimum Gasteiger partial charge on any atom is -0.496 e. The lowest BCUT2D eigenvalue weighted by molar-refractivity contribution is -0.206. The number of aliphatic hydroxyl groups is 1. The number of hydrogen-bond acceptors (Lipinski definition) is 7. The SMILES string of the molecule is COc1cccc2c1C(=O)C1=C(C2=O)[C@H]2OC(=O)C[C@H]2O[C@]1(C)O. The van der Waals surface area contributed by atoms with Gasteiger partial charge in [0.25, 0.3) is 0 Å². The third kappa shape index (κ3) is 1.82. The van der Waals surface area contributed by atoms with Crippen molar-refractivity contribution in [1.82, 2.24) is 0 Å². The summed E-state index contributed by atoms with van der Waals surface area (Å²) >= 11 is 0. The molecule has 0 spiro atoms. The van der Waals surface area contributed by atoms with E-state index in [0.29, 0.717) is 0 Å². The number of ether oxygens (including phenoxy) is 3. The van der Waals surface area contributed by atoms with Crippen LogP contribution in [-0.2, 0) is 14.3 Å². The standard InChI is InChI=1S/C17H14O7/c1-17(21)13-12(16-9(24-17)6-10(18)23-16)14(19)7-4-3-5-8(22-2)11(7)15(13)20/h3-5,9,16,21H,6H2,1-2H3/t9-,16+,17+/m1/s1. The molecule has 0 amide bonds. The zero-order chi connectivity index (χ0) is 17.2. The van der Waals surface area contributed by atoms with Gasteiger partial charge in [0.15, 0.2) is 23.5 Å². The molecule has 1 saturated heterocycles. The van der Waals surface area contributed by atoms with Crippen LogP contribution in [0.3, 0.4) is 0 Å². The molecule has 0 bridgehead atoms. The van der Waals surface area contributed by atoms with Gasteiger partial charge in [-0.2, -0.15) is 0 Å². The van der Waals surface area contributed by atoms with Crippen LogP contribution >= 0.6 is 0 Å². The fraction of sp³-hybridized carbons (Fsp3) is 0.353. The molecule has 0 radical (unpaired) electrons. The van der Waals surface area contributed by atoms with Gasteiger partial charge in [-0.05, 0) is 13.0 Å². The van der Waals surface area contributed by atoms with Crippen LogP contribution in [0.4, 0.5) is 0 Å². The van der Waals surface area contributed by atoms with Crippen LogP contribution in [0.5, 0.6) is 5.75 Å². The number of ketones is 2. The Kier molecular flexibility index (Phi) is 2.98. The first kappa shape index (κ1) is 15.0. The van der Waals surface area contributed by atoms with Gasteiger partial charge in [-0.3, -0.25) is 14.4 Å². The van der Waals surface area contributed by atoms with Crippen LogP contribution in [-0.4, -0.2) is 47.7 Å². The highest BCUT2D eigenvalue weighted by atomic mass is 16.7. The van der Waals surface area contributed by atoms with E-state index in [1.807, 2.05) is 0 Å². The maximum absolute atomic E-state index is 13.0. The van der Waals surface area contributed by atoms with Gasteiger partial charge in [-0.1, -0.05) is 12.1 Å². The smallest absolute Gasteiger partial charge is 0.309 e. The lowest BCUT2D eigenvalue weighted by atomic mass is 9.76. The molecule has 3 atom stereocenters. The summed E-state index contributed by atoms with van der Waals surface area (Å²) in [5.41, 5.74) is 0.0428. The first-order valence-electron chi connectivity index (χ1n) is 7.46. The molecule has 0 aromatic heterocycles. The van der Waals surface area contributed by atoms with Crippen molar-refractivity contribution in [3.63, 3.8) is 0 Å². The van der Waals surface area contributed by atoms with E-state index < -0.39 is 35.5 Å². The van der Waals surface area contributed by atoms with Gasteiger partial charge in [-0.25, -0.2) is 0 Å². The van der Waals surface area contributed by atoms with E-state index in [1.54, 1.807) is 12.1 Å². The van der Waals surface area contributed by atoms with Crippen molar-refractivity contribution < 1.29 is 33.7 Å². The second kappa shape index (κ2) is 4.75. The minimum atomic E-state index is -1.99. The Labute approximate surface area is 136 Å². The Hall–Kier alpha value is -2.51. The fourth-order valence-electron chi connectivity index (χ4n) is 3.60. The van der Waals surface area contributed by atoms with Crippen molar-refractivity contribution in [2.75, 3.05) is 7.11 Å². The molecule has 24 heavy (non-hydrogen) atoms. The summed E-state index contributed by atoms with van der Waals surface area (Å²) in [6.45, 7) is 1.28. The van der Waals surface area contributed by atoms with Gasteiger partial charge in [0.1, 0.15) is 11.9 Å². The number of esters is 1. The lowest BCUT2D eigenvalue weighted by Crippen LogP contribution is -2.51. The van der Waals surface area contributed by atoms with Crippen LogP contribution < -0.4 is 4.74 Å². The average molecular weight is 330 g/mol. The molecule has 0 unspecified atom stereocenters. The van der Waals surface area contributed by atoms with Crippen molar-refractivity contribution in [1.29, 1.82) is 0 Å². The second-order valence-corrected chi connectivity index (χ2v) is 6.08. The lowest BCUT2D eigenvalue weighted by Gasteiger charge is -2.40. The number of benzene rings is 1. The molecule has 0 saturated carbocycles. The Morgan fingerprint density at radius 1 is 1.25 bits per heavy atom. The summed E-state index contributed by atoms with van der Waals surface area (Å²) in [7, 11) is 1.39. The summed E-state index contributed by atoms with van der Waals surface area (Å²) in [5.74, 6) is -3.32. The molecule has 3 aliphatic rings. The molecule has 4 rings (SSSR count). The monoisotopic (exact) mass is 330 g/mol. The zero-order valence-electron chi connectivity index (χ0n) is 13.0. The third-order valence-electron chi connectivity index (χ3n) is 4.55. The molecule has 2 aliphatic heterocycles. The van der Waals surface area contributed by atoms with Gasteiger partial charge >= 0.3 is 5.97 Å². The van der Waals surface area contributed by atoms with Crippen LogP contribution in [0.15, 0.2) is 29.3 Å². The third-order valence-corrected chi connectivity index (χ3v) is 4.55. The van der Waals surface area contributed by atoms with Crippen molar-refractivity contribution >= 4 is 17.5 Å². The second-order valence-electron chi connectivity index (χ2n) is 6.08. The number of rotatable bonds is 1. The molecular weight excluding hydrogens is 316 g/mol. The molecule has 1 aromatic carbocycles. The molecule has 7 heteroatoms. The zero-order valence-corrected chi connectivity index (χ0v) is 13.0. The quantitative estimate of drug-likeness (QED) is 0.760. The van der Waals surface area contributed by atoms with Gasteiger partial charge in [-0.15, -0.1) is 0 Å². The highest BCUT2D eigenvalue weighted by molar-refractivity contribution is 6.29. The topological polar surface area (TPSA) is 99.1 Å². The van der Waals surface area contributed by atoms with Crippen LogP contribution in [0.2, 0.25) is 0 Å². The summed E-state index contributed by atoms with van der Waals surface area (Å²) in [5, 5.41) is 10.6. The normalized spacial score (nSPS) is 31.4. The molecular formula is C17H14O7. The van der Waals surface area contributed by atoms with Gasteiger partial charge in [0, 0.05) is 5.56 Å². The van der Waals surface area contributed by atoms with Gasteiger partial charge in [0.05, 0.1) is 30.2 Å². The maximum atomic E-state index is 13.0. The number of Topliss-reactive ketones (excluding diaryl/α,β-unsaturated/α-hetero) is 2. The number of methoxy groups -OCH3 is 1. The van der Waals surface area contributed by atoms with Crippen molar-refractivity contribution in [3.05, 3.63) is 40.5 Å². The molecule has 2 heterocycles. The number of carbonyl (C=O) groups is 3. The maximum Gasteiger partial charge on any atom is 0.309 e. The van der Waals surface area contributed by atoms with Gasteiger partial charge in [0.2, 0.25) is 0 Å². The summed E-state index contributed by atoms with van der Waals surface area (Å²) < 4.78 is 15.8. The first-order chi connectivity index (χ1) is 11.3. The summed E-state index contributed by atoms with van der Waals surface area (Å²) in [4.78, 5) is 37.6. The predicted molar refractivity (Wildman–Crippen MR) is 78.7 cm³/mol. The molecule has 1 fully saturated rings. The van der Waals surface area contributed by atoms with E-state index >= 15 is 0 Å². The Bertz CT molecular complexity index is 833. The van der Waals surface area contributed by atoms with Crippen molar-refractivity contribution in [2.24, 2.45) is 0 Å². The largest absolute Gasteiger partial charge is 0.496 e. The number of hydrogen-bond donors (Lipinski definition) is 1. The van der Waals surface area contributed by atoms with Crippen LogP contribution in [0, 0.1) is 0 Å². The van der Waals surface area contributed by atoms with E-state index in [4.69, 9.17) is 14.2 Å². The Morgan fingerprint density at radius 3 is 2.71 bits per heavy atom. The Morgan fingerprint density at radius 2 is 2.00 bits per heavy atom. The summed E-state index contributed by atoms with van der Waals surface area (Å²) in [6.07, 6.45) is -1.86. The van der Waals surface area contributed by atoms with Crippen molar-refractivity contribution in [2.45, 2.75) is 31.3 Å². The fourth-order valence-corrected chi connectivity index (χ4v) is 3.60.